The van der Waals surface area contributed by atoms with Crippen molar-refractivity contribution in [3.05, 3.63) is 11.3 Å². The van der Waals surface area contributed by atoms with Crippen LogP contribution in [0.25, 0.3) is 0 Å². The van der Waals surface area contributed by atoms with Crippen LogP contribution in [0.3, 0.4) is 0 Å². The van der Waals surface area contributed by atoms with Gasteiger partial charge in [-0.05, 0) is 11.0 Å². The van der Waals surface area contributed by atoms with Gasteiger partial charge < -0.3 is 0 Å². The van der Waals surface area contributed by atoms with Crippen LogP contribution in [0.1, 0.15) is 48.0 Å². The molecule has 0 atom stereocenters. The smallest absolute Gasteiger partial charge is 0.239 e. The summed E-state index contributed by atoms with van der Waals surface area (Å²) in [6.07, 6.45) is 0.582. The Kier molecular flexibility index (Phi) is 3.25. The second-order valence-corrected chi connectivity index (χ2v) is 7.14. The minimum Gasteiger partial charge on any atom is -0.273 e. The Balaban J connectivity index is 3.28. The van der Waals surface area contributed by atoms with E-state index in [-0.39, 0.29) is 16.7 Å². The molecule has 0 N–H and O–H groups in total. The van der Waals surface area contributed by atoms with Crippen molar-refractivity contribution in [3.63, 3.8) is 0 Å². The maximum atomic E-state index is 11.8. The third-order valence-electron chi connectivity index (χ3n) is 2.64. The molecular formula is C12H20INO. The molecule has 0 aliphatic carbocycles. The number of carbonyl (C=O) groups excluding carboxylic acids is 1. The van der Waals surface area contributed by atoms with Gasteiger partial charge in [0.05, 0.1) is 29.3 Å². The lowest BCUT2D eigenvalue weighted by Crippen LogP contribution is -2.23. The second kappa shape index (κ2) is 3.75. The van der Waals surface area contributed by atoms with Crippen molar-refractivity contribution in [2.75, 3.05) is 0 Å². The molecule has 0 radical (unpaired) electrons. The first-order chi connectivity index (χ1) is 6.55. The molecule has 0 aromatic heterocycles. The van der Waals surface area contributed by atoms with Crippen LogP contribution in [0.15, 0.2) is 11.3 Å². The summed E-state index contributed by atoms with van der Waals surface area (Å²) < 4.78 is 1.80. The number of allylic oxidation sites excluding steroid dienone is 1. The topological polar surface area (TPSA) is 20.3 Å². The van der Waals surface area contributed by atoms with Crippen LogP contribution < -0.4 is 0 Å². The molecule has 0 saturated carbocycles. The molecule has 15 heavy (non-hydrogen) atoms. The van der Waals surface area contributed by atoms with E-state index in [1.807, 2.05) is 0 Å². The molecule has 1 rings (SSSR count). The largest absolute Gasteiger partial charge is 0.273 e. The molecule has 1 amide bonds. The Morgan fingerprint density at radius 2 is 1.53 bits per heavy atom. The van der Waals surface area contributed by atoms with Gasteiger partial charge in [0.15, 0.2) is 0 Å². The van der Waals surface area contributed by atoms with Gasteiger partial charge in [0, 0.05) is 11.1 Å². The average molecular weight is 321 g/mol. The van der Waals surface area contributed by atoms with E-state index in [0.29, 0.717) is 6.42 Å². The monoisotopic (exact) mass is 321 g/mol. The minimum absolute atomic E-state index is 0.0377. The zero-order valence-corrected chi connectivity index (χ0v) is 12.6. The zero-order chi connectivity index (χ0) is 12.0. The molecule has 1 aliphatic heterocycles. The number of nitrogens with zero attached hydrogens (tertiary/aromatic N) is 1. The molecule has 0 bridgehead atoms. The summed E-state index contributed by atoms with van der Waals surface area (Å²) >= 11 is 2.13. The first-order valence-electron chi connectivity index (χ1n) is 5.28. The molecule has 0 saturated heterocycles. The van der Waals surface area contributed by atoms with Crippen LogP contribution in [0.4, 0.5) is 0 Å². The van der Waals surface area contributed by atoms with Gasteiger partial charge in [-0.15, -0.1) is 0 Å². The summed E-state index contributed by atoms with van der Waals surface area (Å²) in [7, 11) is 0. The third-order valence-corrected chi connectivity index (χ3v) is 3.67. The summed E-state index contributed by atoms with van der Waals surface area (Å²) in [5.41, 5.74) is 2.60. The average Bonchev–Trinajstić information content (AvgIpc) is 2.25. The fourth-order valence-corrected chi connectivity index (χ4v) is 3.10. The van der Waals surface area contributed by atoms with E-state index < -0.39 is 0 Å². The van der Waals surface area contributed by atoms with Gasteiger partial charge in [-0.2, -0.15) is 0 Å². The van der Waals surface area contributed by atoms with Crippen molar-refractivity contribution in [2.45, 2.75) is 48.0 Å². The molecule has 1 aliphatic rings. The van der Waals surface area contributed by atoms with Crippen LogP contribution in [-0.4, -0.2) is 9.02 Å². The molecule has 0 spiro atoms. The lowest BCUT2D eigenvalue weighted by molar-refractivity contribution is -0.122. The maximum Gasteiger partial charge on any atom is 0.239 e. The van der Waals surface area contributed by atoms with E-state index in [1.165, 1.54) is 11.3 Å². The molecule has 0 unspecified atom stereocenters. The van der Waals surface area contributed by atoms with Crippen molar-refractivity contribution in [1.29, 1.82) is 0 Å². The molecule has 2 nitrogen and oxygen atoms in total. The molecule has 3 heteroatoms. The lowest BCUT2D eigenvalue weighted by atomic mass is 9.79. The predicted octanol–water partition coefficient (Wildman–Crippen LogP) is 3.92. The standard InChI is InChI=1S/C12H20INO/c1-11(2,3)8-7-9(15)14(13)10(8)12(4,5)6/h7H2,1-6H3. The Morgan fingerprint density at radius 1 is 1.07 bits per heavy atom. The predicted molar refractivity (Wildman–Crippen MR) is 71.4 cm³/mol. The lowest BCUT2D eigenvalue weighted by Gasteiger charge is -2.30. The Bertz CT molecular complexity index is 317. The summed E-state index contributed by atoms with van der Waals surface area (Å²) in [6, 6.07) is 0. The Morgan fingerprint density at radius 3 is 1.80 bits per heavy atom. The SMILES string of the molecule is CC(C)(C)C1=C(C(C)(C)C)N(I)C(=O)C1. The van der Waals surface area contributed by atoms with Gasteiger partial charge in [-0.25, -0.2) is 0 Å². The highest BCUT2D eigenvalue weighted by atomic mass is 127. The van der Waals surface area contributed by atoms with E-state index in [2.05, 4.69) is 64.4 Å². The van der Waals surface area contributed by atoms with Crippen molar-refractivity contribution < 1.29 is 4.79 Å². The first-order valence-corrected chi connectivity index (χ1v) is 6.24. The molecule has 0 aromatic carbocycles. The van der Waals surface area contributed by atoms with Crippen LogP contribution in [0, 0.1) is 10.8 Å². The normalized spacial score (nSPS) is 19.1. The van der Waals surface area contributed by atoms with Gasteiger partial charge in [-0.3, -0.25) is 7.91 Å². The molecular weight excluding hydrogens is 301 g/mol. The van der Waals surface area contributed by atoms with Crippen LogP contribution in [0.5, 0.6) is 0 Å². The Labute approximate surface area is 107 Å². The highest BCUT2D eigenvalue weighted by Crippen LogP contribution is 2.45. The van der Waals surface area contributed by atoms with Crippen molar-refractivity contribution >= 4 is 28.8 Å². The van der Waals surface area contributed by atoms with E-state index in [9.17, 15) is 4.79 Å². The number of carbonyl (C=O) groups is 1. The number of rotatable bonds is 0. The summed E-state index contributed by atoms with van der Waals surface area (Å²) in [6.45, 7) is 13.0. The van der Waals surface area contributed by atoms with E-state index in [0.717, 1.165) is 0 Å². The molecule has 86 valence electrons. The zero-order valence-electron chi connectivity index (χ0n) is 10.4. The van der Waals surface area contributed by atoms with Gasteiger partial charge in [0.1, 0.15) is 0 Å². The molecule has 0 fully saturated rings. The van der Waals surface area contributed by atoms with E-state index in [4.69, 9.17) is 0 Å². The van der Waals surface area contributed by atoms with Gasteiger partial charge >= 0.3 is 0 Å². The first kappa shape index (κ1) is 13.0. The van der Waals surface area contributed by atoms with Gasteiger partial charge in [0.25, 0.3) is 0 Å². The summed E-state index contributed by atoms with van der Waals surface area (Å²) in [4.78, 5) is 11.8. The Hall–Kier alpha value is -0.0600. The van der Waals surface area contributed by atoms with Crippen molar-refractivity contribution in [3.8, 4) is 0 Å². The molecule has 0 aromatic rings. The number of halogens is 1. The maximum absolute atomic E-state index is 11.8. The van der Waals surface area contributed by atoms with Gasteiger partial charge in [0.2, 0.25) is 5.91 Å². The van der Waals surface area contributed by atoms with Gasteiger partial charge in [-0.1, -0.05) is 41.5 Å². The van der Waals surface area contributed by atoms with Crippen molar-refractivity contribution in [2.24, 2.45) is 10.8 Å². The quantitative estimate of drug-likeness (QED) is 0.489. The van der Waals surface area contributed by atoms with Crippen LogP contribution >= 0.6 is 22.9 Å². The molecule has 1 heterocycles. The number of hydrogen-bond donors (Lipinski definition) is 0. The van der Waals surface area contributed by atoms with E-state index >= 15 is 0 Å². The third kappa shape index (κ3) is 2.55. The minimum atomic E-state index is 0.0377. The number of hydrogen-bond acceptors (Lipinski definition) is 1. The van der Waals surface area contributed by atoms with E-state index in [1.54, 1.807) is 3.11 Å². The second-order valence-electron chi connectivity index (χ2n) is 6.18. The summed E-state index contributed by atoms with van der Waals surface area (Å²) in [5, 5.41) is 0. The van der Waals surface area contributed by atoms with Crippen LogP contribution in [0.2, 0.25) is 0 Å². The fourth-order valence-electron chi connectivity index (χ4n) is 1.92. The van der Waals surface area contributed by atoms with Crippen LogP contribution in [-0.2, 0) is 4.79 Å². The highest BCUT2D eigenvalue weighted by molar-refractivity contribution is 14.1. The fraction of sp³-hybridized carbons (Fsp3) is 0.750. The number of amides is 1. The highest BCUT2D eigenvalue weighted by Gasteiger charge is 2.39. The summed E-state index contributed by atoms with van der Waals surface area (Å²) in [5.74, 6) is 0.213. The van der Waals surface area contributed by atoms with Crippen molar-refractivity contribution in [1.82, 2.24) is 3.11 Å².